The van der Waals surface area contributed by atoms with Gasteiger partial charge in [0.15, 0.2) is 5.75 Å². The van der Waals surface area contributed by atoms with Crippen molar-refractivity contribution in [3.8, 4) is 22.9 Å². The van der Waals surface area contributed by atoms with Crippen LogP contribution in [0.4, 0.5) is 13.2 Å². The van der Waals surface area contributed by atoms with Gasteiger partial charge in [-0.3, -0.25) is 0 Å². The number of nitrogens with zero attached hydrogens (tertiary/aromatic N) is 6. The van der Waals surface area contributed by atoms with Crippen LogP contribution in [-0.4, -0.2) is 49.0 Å². The van der Waals surface area contributed by atoms with Gasteiger partial charge in [0.25, 0.3) is 0 Å². The van der Waals surface area contributed by atoms with E-state index in [0.29, 0.717) is 27.5 Å². The Hall–Kier alpha value is -6.02. The normalized spacial score (nSPS) is 12.0. The lowest BCUT2D eigenvalue weighted by Gasteiger charge is -2.14. The maximum atomic E-state index is 12.8. The zero-order chi connectivity index (χ0) is 34.5. The molecule has 2 heterocycles. The summed E-state index contributed by atoms with van der Waals surface area (Å²) in [6.45, 7) is 3.88. The van der Waals surface area contributed by atoms with Crippen LogP contribution in [-0.2, 0) is 10.1 Å². The molecule has 1 N–H and O–H groups in total. The topological polar surface area (TPSA) is 125 Å². The number of aryl methyl sites for hydroxylation is 2. The van der Waals surface area contributed by atoms with Gasteiger partial charge in [-0.2, -0.15) is 21.6 Å². The van der Waals surface area contributed by atoms with E-state index in [9.17, 15) is 26.7 Å². The van der Waals surface area contributed by atoms with Crippen molar-refractivity contribution in [1.29, 1.82) is 0 Å². The van der Waals surface area contributed by atoms with E-state index in [1.165, 1.54) is 10.9 Å². The van der Waals surface area contributed by atoms with Crippen molar-refractivity contribution in [2.24, 2.45) is 0 Å². The fourth-order valence-electron chi connectivity index (χ4n) is 5.38. The number of rotatable bonds is 4. The monoisotopic (exact) mass is 682 g/mol. The molecule has 0 saturated carbocycles. The highest BCUT2D eigenvalue weighted by Crippen LogP contribution is 2.35. The van der Waals surface area contributed by atoms with E-state index < -0.39 is 21.4 Å². The van der Waals surface area contributed by atoms with Crippen LogP contribution in [0.25, 0.3) is 55.0 Å². The molecule has 0 radical (unpaired) electrons. The van der Waals surface area contributed by atoms with E-state index in [1.807, 2.05) is 68.4 Å². The fourth-order valence-corrected chi connectivity index (χ4v) is 5.84. The van der Waals surface area contributed by atoms with Crippen LogP contribution in [0, 0.1) is 13.8 Å². The molecule has 8 rings (SSSR count). The lowest BCUT2D eigenvalue weighted by Crippen LogP contribution is -2.28. The minimum Gasteiger partial charge on any atom is -0.506 e. The number of hydrogen-bond donors (Lipinski definition) is 1. The molecule has 0 atom stereocenters. The predicted octanol–water partition coefficient (Wildman–Crippen LogP) is 7.70. The number of phenols is 1. The van der Waals surface area contributed by atoms with Crippen LogP contribution in [0.1, 0.15) is 11.1 Å². The second-order valence-electron chi connectivity index (χ2n) is 11.2. The van der Waals surface area contributed by atoms with E-state index >= 15 is 0 Å². The third kappa shape index (κ3) is 5.97. The largest absolute Gasteiger partial charge is 0.534 e. The predicted molar refractivity (Wildman–Crippen MR) is 179 cm³/mol. The van der Waals surface area contributed by atoms with Gasteiger partial charge in [-0.15, -0.1) is 30.0 Å². The van der Waals surface area contributed by atoms with Crippen LogP contribution >= 0.6 is 0 Å². The molecule has 8 aromatic rings. The average Bonchev–Trinajstić information content (AvgIpc) is 3.67. The molecule has 0 fully saturated rings. The molecule has 6 aromatic carbocycles. The molecular weight excluding hydrogens is 657 g/mol. The van der Waals surface area contributed by atoms with Crippen molar-refractivity contribution in [2.75, 3.05) is 0 Å². The summed E-state index contributed by atoms with van der Waals surface area (Å²) >= 11 is 0. The molecule has 0 amide bonds. The van der Waals surface area contributed by atoms with Gasteiger partial charge in [0.2, 0.25) is 0 Å². The molecule has 0 aliphatic carbocycles. The molecule has 0 aliphatic rings. The Morgan fingerprint density at radius 3 is 1.63 bits per heavy atom. The molecule has 0 unspecified atom stereocenters. The third-order valence-corrected chi connectivity index (χ3v) is 8.66. The first kappa shape index (κ1) is 31.6. The number of phenolic OH excluding ortho intramolecular Hbond substituents is 1. The summed E-state index contributed by atoms with van der Waals surface area (Å²) in [4.78, 5) is 2.61. The minimum absolute atomic E-state index is 0.000205. The molecule has 0 aliphatic heterocycles. The Labute approximate surface area is 276 Å². The lowest BCUT2D eigenvalue weighted by molar-refractivity contribution is -0.0500. The molecule has 246 valence electrons. The Balaban J connectivity index is 0.000000160. The van der Waals surface area contributed by atoms with Gasteiger partial charge in [0, 0.05) is 10.8 Å². The molecule has 2 aromatic heterocycles. The summed E-state index contributed by atoms with van der Waals surface area (Å²) < 4.78 is 66.0. The van der Waals surface area contributed by atoms with Gasteiger partial charge in [-0.05, 0) is 72.1 Å². The summed E-state index contributed by atoms with van der Waals surface area (Å²) in [7, 11) is -5.86. The van der Waals surface area contributed by atoms with E-state index in [1.54, 1.807) is 42.5 Å². The van der Waals surface area contributed by atoms with Gasteiger partial charge < -0.3 is 9.29 Å². The van der Waals surface area contributed by atoms with E-state index in [2.05, 4.69) is 24.6 Å². The van der Waals surface area contributed by atoms with Crippen molar-refractivity contribution < 1.29 is 30.9 Å². The highest BCUT2D eigenvalue weighted by Gasteiger charge is 2.49. The minimum atomic E-state index is -5.86. The van der Waals surface area contributed by atoms with E-state index in [0.717, 1.165) is 43.8 Å². The first-order valence-electron chi connectivity index (χ1n) is 14.8. The number of benzene rings is 6. The number of fused-ring (bicyclic) bond motifs is 4. The quantitative estimate of drug-likeness (QED) is 0.148. The molecule has 0 bridgehead atoms. The van der Waals surface area contributed by atoms with Crippen molar-refractivity contribution in [3.05, 3.63) is 120 Å². The second-order valence-corrected chi connectivity index (χ2v) is 12.8. The Bertz CT molecular complexity index is 2650. The molecule has 14 heteroatoms. The van der Waals surface area contributed by atoms with E-state index in [-0.39, 0.29) is 11.4 Å². The third-order valence-electron chi connectivity index (χ3n) is 7.70. The zero-order valence-corrected chi connectivity index (χ0v) is 26.6. The van der Waals surface area contributed by atoms with Crippen molar-refractivity contribution in [2.45, 2.75) is 19.4 Å². The summed E-state index contributed by atoms with van der Waals surface area (Å²) in [6, 6.07) is 32.1. The first-order valence-corrected chi connectivity index (χ1v) is 16.2. The highest BCUT2D eigenvalue weighted by atomic mass is 32.2. The zero-order valence-electron chi connectivity index (χ0n) is 25.8. The number of aromatic nitrogens is 6. The Morgan fingerprint density at radius 1 is 0.612 bits per heavy atom. The average molecular weight is 683 g/mol. The van der Waals surface area contributed by atoms with Crippen LogP contribution in [0.3, 0.4) is 0 Å². The van der Waals surface area contributed by atoms with Crippen LogP contribution < -0.4 is 4.18 Å². The van der Waals surface area contributed by atoms with E-state index in [4.69, 9.17) is 0 Å². The summed E-state index contributed by atoms with van der Waals surface area (Å²) in [6.07, 6.45) is 0. The van der Waals surface area contributed by atoms with Crippen molar-refractivity contribution >= 4 is 53.7 Å². The smallest absolute Gasteiger partial charge is 0.506 e. The fraction of sp³-hybridized carbons (Fsp3) is 0.0857. The van der Waals surface area contributed by atoms with Gasteiger partial charge in [0.1, 0.15) is 39.2 Å². The second kappa shape index (κ2) is 11.9. The Kier molecular flexibility index (Phi) is 7.67. The molecule has 49 heavy (non-hydrogen) atoms. The van der Waals surface area contributed by atoms with Crippen LogP contribution in [0.15, 0.2) is 109 Å². The van der Waals surface area contributed by atoms with Crippen LogP contribution in [0.5, 0.6) is 11.5 Å². The standard InChI is InChI=1S/C18H12F3N3O3S.C17H13N3O/c1-11-6-8-14-15(10-11)23-24(22-14)17-13-5-3-2-4-12(13)7-9-16(17)27-28(25,26)18(19,20)21;1-11-6-8-14-15(10-11)19-20(18-14)17-13-5-3-2-4-12(13)7-9-16(17)21/h2-10H,1H3;2-10,21H,1H3. The maximum absolute atomic E-state index is 12.8. The highest BCUT2D eigenvalue weighted by molar-refractivity contribution is 7.88. The first-order chi connectivity index (χ1) is 23.4. The van der Waals surface area contributed by atoms with Crippen LogP contribution in [0.2, 0.25) is 0 Å². The Morgan fingerprint density at radius 2 is 1.08 bits per heavy atom. The van der Waals surface area contributed by atoms with Gasteiger partial charge in [0.05, 0.1) is 0 Å². The summed E-state index contributed by atoms with van der Waals surface area (Å²) in [5.41, 5.74) is -0.238. The van der Waals surface area contributed by atoms with Crippen molar-refractivity contribution in [3.63, 3.8) is 0 Å². The number of aromatic hydroxyl groups is 1. The SMILES string of the molecule is Cc1ccc2nn(-c3c(O)ccc4ccccc34)nc2c1.Cc1ccc2nn(-c3c(OS(=O)(=O)C(F)(F)F)ccc4ccccc34)nc2c1. The van der Waals surface area contributed by atoms with Gasteiger partial charge in [-0.1, -0.05) is 72.8 Å². The lowest BCUT2D eigenvalue weighted by atomic mass is 10.1. The number of halogens is 3. The number of alkyl halides is 3. The van der Waals surface area contributed by atoms with Crippen molar-refractivity contribution in [1.82, 2.24) is 30.0 Å². The summed E-state index contributed by atoms with van der Waals surface area (Å²) in [5.74, 6) is -0.348. The van der Waals surface area contributed by atoms with Gasteiger partial charge in [-0.25, -0.2) is 0 Å². The molecule has 0 saturated heterocycles. The molecular formula is C35H25F3N6O4S. The van der Waals surface area contributed by atoms with Gasteiger partial charge >= 0.3 is 15.6 Å². The molecule has 0 spiro atoms. The molecule has 10 nitrogen and oxygen atoms in total. The maximum Gasteiger partial charge on any atom is 0.534 e. The summed E-state index contributed by atoms with van der Waals surface area (Å²) in [5, 5.41) is 30.9. The number of hydrogen-bond acceptors (Lipinski definition) is 8.